The van der Waals surface area contributed by atoms with Gasteiger partial charge in [-0.2, -0.15) is 0 Å². The highest BCUT2D eigenvalue weighted by Crippen LogP contribution is 2.29. The maximum Gasteiger partial charge on any atom is 0.352 e. The largest absolute Gasteiger partial charge is 0.477 e. The van der Waals surface area contributed by atoms with Crippen LogP contribution >= 0.6 is 0 Å². The lowest BCUT2D eigenvalue weighted by molar-refractivity contribution is -0.142. The molecule has 0 saturated heterocycles. The van der Waals surface area contributed by atoms with Gasteiger partial charge in [0.1, 0.15) is 11.5 Å². The molecule has 7 heteroatoms. The molecule has 0 fully saturated rings. The van der Waals surface area contributed by atoms with Crippen LogP contribution in [-0.2, 0) is 22.6 Å². The number of carboxylic acid groups (broad SMARTS) is 1. The molecule has 0 aliphatic rings. The molecule has 0 unspecified atom stereocenters. The van der Waals surface area contributed by atoms with Crippen LogP contribution in [-0.4, -0.2) is 34.8 Å². The highest BCUT2D eigenvalue weighted by Gasteiger charge is 2.22. The van der Waals surface area contributed by atoms with E-state index in [9.17, 15) is 19.1 Å². The highest BCUT2D eigenvalue weighted by atomic mass is 19.1. The van der Waals surface area contributed by atoms with E-state index in [1.165, 1.54) is 12.1 Å². The van der Waals surface area contributed by atoms with Gasteiger partial charge < -0.3 is 19.7 Å². The lowest BCUT2D eigenvalue weighted by Crippen LogP contribution is -2.25. The van der Waals surface area contributed by atoms with Crippen LogP contribution in [0, 0.1) is 5.82 Å². The van der Waals surface area contributed by atoms with Gasteiger partial charge in [-0.3, -0.25) is 4.79 Å². The van der Waals surface area contributed by atoms with Gasteiger partial charge in [0.05, 0.1) is 13.2 Å². The van der Waals surface area contributed by atoms with Crippen molar-refractivity contribution in [2.75, 3.05) is 13.2 Å². The number of hydrogen-bond acceptors (Lipinski definition) is 4. The minimum atomic E-state index is -1.07. The van der Waals surface area contributed by atoms with Gasteiger partial charge in [0, 0.05) is 29.6 Å². The standard InChI is InChI=1S/C25H23FN2O4/c1-2-32-23(29)14-27-13-21-19-8-3-4-9-22(19)28(24(21)25(30)31)15-17-7-5-6-16-10-11-18(26)12-20(16)17/h3-12,27H,2,13-15H2,1H3,(H,30,31). The smallest absolute Gasteiger partial charge is 0.352 e. The van der Waals surface area contributed by atoms with Crippen LogP contribution in [0.15, 0.2) is 60.7 Å². The molecular formula is C25H23FN2O4. The van der Waals surface area contributed by atoms with Crippen molar-refractivity contribution in [1.82, 2.24) is 9.88 Å². The van der Waals surface area contributed by atoms with Crippen LogP contribution in [0.2, 0.25) is 0 Å². The number of halogens is 1. The first-order valence-electron chi connectivity index (χ1n) is 10.4. The summed E-state index contributed by atoms with van der Waals surface area (Å²) in [6.45, 7) is 2.45. The topological polar surface area (TPSA) is 80.6 Å². The molecule has 6 nitrogen and oxygen atoms in total. The van der Waals surface area contributed by atoms with E-state index in [1.807, 2.05) is 42.5 Å². The fraction of sp³-hybridized carbons (Fsp3) is 0.200. The molecule has 1 heterocycles. The summed E-state index contributed by atoms with van der Waals surface area (Å²) in [6.07, 6.45) is 0. The zero-order valence-electron chi connectivity index (χ0n) is 17.6. The number of rotatable bonds is 8. The molecule has 0 aliphatic carbocycles. The van der Waals surface area contributed by atoms with Crippen LogP contribution < -0.4 is 5.32 Å². The van der Waals surface area contributed by atoms with Gasteiger partial charge >= 0.3 is 11.9 Å². The normalized spacial score (nSPS) is 11.2. The molecule has 2 N–H and O–H groups in total. The average molecular weight is 434 g/mol. The number of hydrogen-bond donors (Lipinski definition) is 2. The number of ether oxygens (including phenoxy) is 1. The molecule has 0 bridgehead atoms. The molecule has 0 radical (unpaired) electrons. The van der Waals surface area contributed by atoms with Crippen LogP contribution in [0.3, 0.4) is 0 Å². The molecule has 4 aromatic rings. The van der Waals surface area contributed by atoms with Gasteiger partial charge in [-0.1, -0.05) is 42.5 Å². The molecule has 4 rings (SSSR count). The minimum Gasteiger partial charge on any atom is -0.477 e. The van der Waals surface area contributed by atoms with E-state index < -0.39 is 11.9 Å². The first kappa shape index (κ1) is 21.5. The first-order valence-corrected chi connectivity index (χ1v) is 10.4. The number of nitrogens with zero attached hydrogens (tertiary/aromatic N) is 1. The number of esters is 1. The van der Waals surface area contributed by atoms with E-state index in [0.717, 1.165) is 27.2 Å². The molecule has 0 spiro atoms. The fourth-order valence-corrected chi connectivity index (χ4v) is 4.08. The Hall–Kier alpha value is -3.71. The predicted molar refractivity (Wildman–Crippen MR) is 120 cm³/mol. The number of fused-ring (bicyclic) bond motifs is 2. The second kappa shape index (κ2) is 9.20. The third-order valence-corrected chi connectivity index (χ3v) is 5.42. The lowest BCUT2D eigenvalue weighted by atomic mass is 10.0. The number of aromatic nitrogens is 1. The summed E-state index contributed by atoms with van der Waals surface area (Å²) >= 11 is 0. The zero-order chi connectivity index (χ0) is 22.7. The Balaban J connectivity index is 1.78. The molecule has 0 amide bonds. The summed E-state index contributed by atoms with van der Waals surface area (Å²) < 4.78 is 20.6. The Morgan fingerprint density at radius 2 is 1.88 bits per heavy atom. The monoisotopic (exact) mass is 434 g/mol. The molecular weight excluding hydrogens is 411 g/mol. The summed E-state index contributed by atoms with van der Waals surface area (Å²) in [5.41, 5.74) is 2.29. The van der Waals surface area contributed by atoms with Gasteiger partial charge in [-0.25, -0.2) is 9.18 Å². The summed E-state index contributed by atoms with van der Waals surface area (Å²) in [4.78, 5) is 24.0. The van der Waals surface area contributed by atoms with Gasteiger partial charge in [0.2, 0.25) is 0 Å². The minimum absolute atomic E-state index is 0.0188. The van der Waals surface area contributed by atoms with Crippen molar-refractivity contribution in [2.24, 2.45) is 0 Å². The number of carboxylic acids is 1. The molecule has 0 aliphatic heterocycles. The number of carbonyl (C=O) groups is 2. The number of benzene rings is 3. The summed E-state index contributed by atoms with van der Waals surface area (Å²) in [5, 5.41) is 15.5. The fourth-order valence-electron chi connectivity index (χ4n) is 4.08. The molecule has 164 valence electrons. The SMILES string of the molecule is CCOC(=O)CNCc1c(C(=O)O)n(Cc2cccc3ccc(F)cc23)c2ccccc12. The van der Waals surface area contributed by atoms with E-state index in [0.29, 0.717) is 5.56 Å². The van der Waals surface area contributed by atoms with Crippen molar-refractivity contribution in [3.8, 4) is 0 Å². The Morgan fingerprint density at radius 3 is 2.66 bits per heavy atom. The molecule has 3 aromatic carbocycles. The second-order valence-corrected chi connectivity index (χ2v) is 7.43. The Morgan fingerprint density at radius 1 is 1.06 bits per heavy atom. The maximum atomic E-state index is 13.9. The lowest BCUT2D eigenvalue weighted by Gasteiger charge is -2.12. The molecule has 0 saturated carbocycles. The van der Waals surface area contributed by atoms with Crippen molar-refractivity contribution >= 4 is 33.6 Å². The van der Waals surface area contributed by atoms with Crippen molar-refractivity contribution < 1.29 is 23.8 Å². The van der Waals surface area contributed by atoms with E-state index >= 15 is 0 Å². The summed E-state index contributed by atoms with van der Waals surface area (Å²) in [7, 11) is 0. The van der Waals surface area contributed by atoms with E-state index in [1.54, 1.807) is 17.6 Å². The van der Waals surface area contributed by atoms with Gasteiger partial charge in [0.15, 0.2) is 0 Å². The Labute approximate surface area is 184 Å². The third kappa shape index (κ3) is 4.20. The first-order chi connectivity index (χ1) is 15.5. The van der Waals surface area contributed by atoms with E-state index in [-0.39, 0.29) is 37.8 Å². The number of carbonyl (C=O) groups excluding carboxylic acids is 1. The third-order valence-electron chi connectivity index (χ3n) is 5.42. The van der Waals surface area contributed by atoms with Crippen LogP contribution in [0.1, 0.15) is 28.5 Å². The number of nitrogens with one attached hydrogen (secondary N) is 1. The van der Waals surface area contributed by atoms with Gasteiger partial charge in [-0.15, -0.1) is 0 Å². The van der Waals surface area contributed by atoms with E-state index in [4.69, 9.17) is 4.74 Å². The quantitative estimate of drug-likeness (QED) is 0.404. The van der Waals surface area contributed by atoms with Crippen molar-refractivity contribution in [3.05, 3.63) is 83.3 Å². The molecule has 0 atom stereocenters. The summed E-state index contributed by atoms with van der Waals surface area (Å²) in [6, 6.07) is 17.7. The van der Waals surface area contributed by atoms with Gasteiger partial charge in [-0.05, 0) is 41.5 Å². The number of aromatic carboxylic acids is 1. The average Bonchev–Trinajstić information content (AvgIpc) is 3.08. The predicted octanol–water partition coefficient (Wildman–Crippen LogP) is 4.33. The van der Waals surface area contributed by atoms with Crippen LogP contribution in [0.4, 0.5) is 4.39 Å². The summed E-state index contributed by atoms with van der Waals surface area (Å²) in [5.74, 6) is -1.81. The Kier molecular flexibility index (Phi) is 6.18. The van der Waals surface area contributed by atoms with Crippen LogP contribution in [0.25, 0.3) is 21.7 Å². The maximum absolute atomic E-state index is 13.9. The zero-order valence-corrected chi connectivity index (χ0v) is 17.6. The van der Waals surface area contributed by atoms with Crippen molar-refractivity contribution in [2.45, 2.75) is 20.0 Å². The molecule has 32 heavy (non-hydrogen) atoms. The molecule has 1 aromatic heterocycles. The van der Waals surface area contributed by atoms with E-state index in [2.05, 4.69) is 5.32 Å². The van der Waals surface area contributed by atoms with Crippen LogP contribution in [0.5, 0.6) is 0 Å². The van der Waals surface area contributed by atoms with Crippen molar-refractivity contribution in [1.29, 1.82) is 0 Å². The Bertz CT molecular complexity index is 1310. The van der Waals surface area contributed by atoms with Gasteiger partial charge in [0.25, 0.3) is 0 Å². The second-order valence-electron chi connectivity index (χ2n) is 7.43. The van der Waals surface area contributed by atoms with Crippen molar-refractivity contribution in [3.63, 3.8) is 0 Å². The number of para-hydroxylation sites is 1. The highest BCUT2D eigenvalue weighted by molar-refractivity contribution is 5.98.